The fraction of sp³-hybridized carbons (Fsp3) is 0.250. The van der Waals surface area contributed by atoms with Crippen LogP contribution in [-0.2, 0) is 6.42 Å². The van der Waals surface area contributed by atoms with Crippen molar-refractivity contribution in [2.75, 3.05) is 0 Å². The van der Waals surface area contributed by atoms with Crippen molar-refractivity contribution >= 4 is 5.78 Å². The van der Waals surface area contributed by atoms with Gasteiger partial charge < -0.3 is 0 Å². The standard InChI is InChI=1S/C10H10O.C2H2/c11-10-7-3-5-8-4-1-2-6-9(8)10;1-2/h1-2,4,6H,3,5,7H2;1-2H. The molecule has 1 aromatic carbocycles. The Kier molecular flexibility index (Phi) is 3.28. The van der Waals surface area contributed by atoms with Gasteiger partial charge in [-0.05, 0) is 18.4 Å². The monoisotopic (exact) mass is 172 g/mol. The molecule has 1 nitrogen and oxygen atoms in total. The Bertz CT molecular complexity index is 323. The molecule has 0 saturated heterocycles. The van der Waals surface area contributed by atoms with E-state index in [-0.39, 0.29) is 0 Å². The molecular weight excluding hydrogens is 160 g/mol. The number of carbonyl (C=O) groups is 1. The van der Waals surface area contributed by atoms with Gasteiger partial charge >= 0.3 is 0 Å². The smallest absolute Gasteiger partial charge is 0.163 e. The minimum atomic E-state index is 0.312. The largest absolute Gasteiger partial charge is 0.294 e. The molecule has 1 aromatic rings. The van der Waals surface area contributed by atoms with Gasteiger partial charge in [0.05, 0.1) is 0 Å². The van der Waals surface area contributed by atoms with Crippen LogP contribution in [0.3, 0.4) is 0 Å². The zero-order valence-electron chi connectivity index (χ0n) is 7.49. The van der Waals surface area contributed by atoms with E-state index in [1.165, 1.54) is 5.56 Å². The lowest BCUT2D eigenvalue weighted by atomic mass is 9.91. The van der Waals surface area contributed by atoms with E-state index >= 15 is 0 Å². The molecule has 13 heavy (non-hydrogen) atoms. The van der Waals surface area contributed by atoms with E-state index in [1.807, 2.05) is 24.3 Å². The fourth-order valence-electron chi connectivity index (χ4n) is 1.58. The maximum Gasteiger partial charge on any atom is 0.163 e. The second kappa shape index (κ2) is 4.47. The van der Waals surface area contributed by atoms with Crippen molar-refractivity contribution in [3.05, 3.63) is 35.4 Å². The maximum absolute atomic E-state index is 11.3. The van der Waals surface area contributed by atoms with Gasteiger partial charge in [0.2, 0.25) is 0 Å². The van der Waals surface area contributed by atoms with Crippen molar-refractivity contribution in [1.29, 1.82) is 0 Å². The molecule has 0 bridgehead atoms. The second-order valence-corrected chi connectivity index (χ2v) is 2.93. The Morgan fingerprint density at radius 3 is 2.46 bits per heavy atom. The maximum atomic E-state index is 11.3. The van der Waals surface area contributed by atoms with Gasteiger partial charge in [0.1, 0.15) is 0 Å². The molecule has 1 heteroatoms. The molecule has 0 aromatic heterocycles. The molecule has 0 spiro atoms. The first-order valence-electron chi connectivity index (χ1n) is 4.32. The molecule has 0 N–H and O–H groups in total. The van der Waals surface area contributed by atoms with Gasteiger partial charge in [0, 0.05) is 12.0 Å². The summed E-state index contributed by atoms with van der Waals surface area (Å²) in [5.74, 6) is 0.312. The van der Waals surface area contributed by atoms with Crippen molar-refractivity contribution in [2.45, 2.75) is 19.3 Å². The molecule has 0 unspecified atom stereocenters. The van der Waals surface area contributed by atoms with E-state index in [4.69, 9.17) is 0 Å². The van der Waals surface area contributed by atoms with Gasteiger partial charge in [-0.25, -0.2) is 0 Å². The van der Waals surface area contributed by atoms with E-state index in [0.717, 1.165) is 24.8 Å². The SMILES string of the molecule is C#C.O=C1CCCc2ccccc21. The van der Waals surface area contributed by atoms with Crippen LogP contribution in [0, 0.1) is 12.8 Å². The molecule has 0 heterocycles. The second-order valence-electron chi connectivity index (χ2n) is 2.93. The third kappa shape index (κ3) is 1.97. The van der Waals surface area contributed by atoms with Gasteiger partial charge in [0.25, 0.3) is 0 Å². The number of ketones is 1. The molecule has 0 amide bonds. The molecule has 1 aliphatic carbocycles. The summed E-state index contributed by atoms with van der Waals surface area (Å²) >= 11 is 0. The number of Topliss-reactive ketones (excluding diaryl/α,β-unsaturated/α-hetero) is 1. The van der Waals surface area contributed by atoms with Crippen LogP contribution in [0.25, 0.3) is 0 Å². The first-order chi connectivity index (χ1) is 6.38. The minimum absolute atomic E-state index is 0.312. The van der Waals surface area contributed by atoms with E-state index in [2.05, 4.69) is 12.8 Å². The summed E-state index contributed by atoms with van der Waals surface area (Å²) in [7, 11) is 0. The van der Waals surface area contributed by atoms with Crippen LogP contribution in [0.1, 0.15) is 28.8 Å². The number of terminal acetylenes is 1. The average molecular weight is 172 g/mol. The van der Waals surface area contributed by atoms with E-state index in [1.54, 1.807) is 0 Å². The molecule has 0 radical (unpaired) electrons. The predicted molar refractivity (Wildman–Crippen MR) is 53.6 cm³/mol. The van der Waals surface area contributed by atoms with Gasteiger partial charge in [-0.15, -0.1) is 12.8 Å². The number of hydrogen-bond acceptors (Lipinski definition) is 1. The number of carbonyl (C=O) groups excluding carboxylic acids is 1. The highest BCUT2D eigenvalue weighted by atomic mass is 16.1. The lowest BCUT2D eigenvalue weighted by molar-refractivity contribution is 0.0972. The summed E-state index contributed by atoms with van der Waals surface area (Å²) in [6.07, 6.45) is 10.8. The Hall–Kier alpha value is -1.55. The van der Waals surface area contributed by atoms with Crippen LogP contribution in [-0.4, -0.2) is 5.78 Å². The summed E-state index contributed by atoms with van der Waals surface area (Å²) in [6, 6.07) is 7.91. The summed E-state index contributed by atoms with van der Waals surface area (Å²) in [6.45, 7) is 0. The lowest BCUT2D eigenvalue weighted by Crippen LogP contribution is -2.09. The van der Waals surface area contributed by atoms with Crippen LogP contribution >= 0.6 is 0 Å². The van der Waals surface area contributed by atoms with Crippen molar-refractivity contribution < 1.29 is 4.79 Å². The zero-order chi connectivity index (χ0) is 9.68. The number of fused-ring (bicyclic) bond motifs is 1. The summed E-state index contributed by atoms with van der Waals surface area (Å²) < 4.78 is 0. The molecule has 0 saturated carbocycles. The molecule has 2 rings (SSSR count). The van der Waals surface area contributed by atoms with Crippen LogP contribution in [0.15, 0.2) is 24.3 Å². The van der Waals surface area contributed by atoms with Crippen LogP contribution in [0.4, 0.5) is 0 Å². The third-order valence-corrected chi connectivity index (χ3v) is 2.17. The van der Waals surface area contributed by atoms with Crippen LogP contribution in [0.2, 0.25) is 0 Å². The van der Waals surface area contributed by atoms with Crippen LogP contribution < -0.4 is 0 Å². The van der Waals surface area contributed by atoms with Gasteiger partial charge in [-0.3, -0.25) is 4.79 Å². The van der Waals surface area contributed by atoms with E-state index in [9.17, 15) is 4.79 Å². The molecule has 0 atom stereocenters. The number of aryl methyl sites for hydroxylation is 1. The van der Waals surface area contributed by atoms with E-state index < -0.39 is 0 Å². The number of hydrogen-bond donors (Lipinski definition) is 0. The molecule has 1 aliphatic rings. The third-order valence-electron chi connectivity index (χ3n) is 2.17. The number of benzene rings is 1. The first kappa shape index (κ1) is 9.54. The average Bonchev–Trinajstić information content (AvgIpc) is 2.22. The van der Waals surface area contributed by atoms with Crippen molar-refractivity contribution in [3.8, 4) is 12.8 Å². The van der Waals surface area contributed by atoms with Gasteiger partial charge in [-0.1, -0.05) is 24.3 Å². The Morgan fingerprint density at radius 1 is 1.08 bits per heavy atom. The zero-order valence-corrected chi connectivity index (χ0v) is 7.49. The highest BCUT2D eigenvalue weighted by Crippen LogP contribution is 2.19. The fourth-order valence-corrected chi connectivity index (χ4v) is 1.58. The summed E-state index contributed by atoms with van der Waals surface area (Å²) in [5, 5.41) is 0. The van der Waals surface area contributed by atoms with Gasteiger partial charge in [-0.2, -0.15) is 0 Å². The van der Waals surface area contributed by atoms with Crippen LogP contribution in [0.5, 0.6) is 0 Å². The van der Waals surface area contributed by atoms with E-state index in [0.29, 0.717) is 5.78 Å². The number of rotatable bonds is 0. The summed E-state index contributed by atoms with van der Waals surface area (Å²) in [5.41, 5.74) is 2.17. The molecule has 0 fully saturated rings. The first-order valence-corrected chi connectivity index (χ1v) is 4.32. The Labute approximate surface area is 78.8 Å². The van der Waals surface area contributed by atoms with Crippen molar-refractivity contribution in [2.24, 2.45) is 0 Å². The normalized spacial score (nSPS) is 13.8. The topological polar surface area (TPSA) is 17.1 Å². The van der Waals surface area contributed by atoms with Gasteiger partial charge in [0.15, 0.2) is 5.78 Å². The highest BCUT2D eigenvalue weighted by Gasteiger charge is 2.14. The predicted octanol–water partition coefficient (Wildman–Crippen LogP) is 2.46. The van der Waals surface area contributed by atoms with Crippen molar-refractivity contribution in [1.82, 2.24) is 0 Å². The summed E-state index contributed by atoms with van der Waals surface area (Å²) in [4.78, 5) is 11.3. The minimum Gasteiger partial charge on any atom is -0.294 e. The molecular formula is C12H12O. The lowest BCUT2D eigenvalue weighted by Gasteiger charge is -2.12. The molecule has 66 valence electrons. The highest BCUT2D eigenvalue weighted by molar-refractivity contribution is 5.98. The quantitative estimate of drug-likeness (QED) is 0.549. The van der Waals surface area contributed by atoms with Crippen molar-refractivity contribution in [3.63, 3.8) is 0 Å². The molecule has 0 aliphatic heterocycles. The Balaban J connectivity index is 0.000000396. The Morgan fingerprint density at radius 2 is 1.77 bits per heavy atom.